The zero-order valence-corrected chi connectivity index (χ0v) is 23.9. The molecule has 0 radical (unpaired) electrons. The van der Waals surface area contributed by atoms with E-state index in [1.54, 1.807) is 0 Å². The average molecular weight is 658 g/mol. The van der Waals surface area contributed by atoms with Crippen molar-refractivity contribution in [2.75, 3.05) is 0 Å². The highest BCUT2D eigenvalue weighted by Crippen LogP contribution is 2.68. The lowest BCUT2D eigenvalue weighted by Crippen LogP contribution is -2.35. The number of H-pyrrole nitrogens is 1. The molecule has 0 bridgehead atoms. The number of primary amides is 1. The first-order valence-corrected chi connectivity index (χ1v) is 14.3. The molecular weight excluding hydrogens is 635 g/mol. The van der Waals surface area contributed by atoms with E-state index in [1.807, 2.05) is 0 Å². The smallest absolute Gasteiger partial charge is 0.293 e. The van der Waals surface area contributed by atoms with Gasteiger partial charge in [0.15, 0.2) is 0 Å². The number of alkyl halides is 4. The van der Waals surface area contributed by atoms with Gasteiger partial charge in [-0.1, -0.05) is 6.07 Å². The zero-order valence-electron chi connectivity index (χ0n) is 23.9. The lowest BCUT2D eigenvalue weighted by Gasteiger charge is -2.23. The molecule has 47 heavy (non-hydrogen) atoms. The van der Waals surface area contributed by atoms with E-state index in [1.165, 1.54) is 18.3 Å². The average Bonchev–Trinajstić information content (AvgIpc) is 3.41. The molecule has 0 saturated heterocycles. The number of benzene rings is 2. The third-order valence-electron chi connectivity index (χ3n) is 8.48. The van der Waals surface area contributed by atoms with E-state index in [4.69, 9.17) is 5.73 Å². The van der Waals surface area contributed by atoms with E-state index in [0.29, 0.717) is 16.3 Å². The van der Waals surface area contributed by atoms with Crippen LogP contribution in [-0.2, 0) is 23.7 Å². The predicted octanol–water partition coefficient (Wildman–Crippen LogP) is 5.58. The molecule has 4 N–H and O–H groups in total. The molecule has 0 aliphatic heterocycles. The van der Waals surface area contributed by atoms with Gasteiger partial charge in [-0.15, -0.1) is 0 Å². The number of amides is 2. The Labute approximate surface area is 260 Å². The molecule has 3 unspecified atom stereocenters. The van der Waals surface area contributed by atoms with Crippen LogP contribution in [0.25, 0.3) is 22.2 Å². The standard InChI is InChI=1S/C31H22F7N7O2/c32-14-3-12(4-15(33)7-14)5-22(41-24(46)11-45-28-25(27(44-45)29(35)36)17-8-19(17)31(28,37)38)26-16(9-21-23(42-26)10-40-43-21)13-1-2-20(34)18(6-13)30(39)47/h1-4,6-7,9-10,17,19,22,29H,5,8,11H2,(H2,39,47)(H,40,43)(H,41,46). The van der Waals surface area contributed by atoms with E-state index < -0.39 is 83.0 Å². The van der Waals surface area contributed by atoms with Gasteiger partial charge < -0.3 is 11.1 Å². The number of nitrogens with one attached hydrogen (secondary N) is 2. The Morgan fingerprint density at radius 3 is 2.51 bits per heavy atom. The second-order valence-corrected chi connectivity index (χ2v) is 11.6. The number of carbonyl (C=O) groups is 2. The zero-order chi connectivity index (χ0) is 33.4. The minimum Gasteiger partial charge on any atom is -0.366 e. The van der Waals surface area contributed by atoms with Crippen molar-refractivity contribution in [1.29, 1.82) is 0 Å². The van der Waals surface area contributed by atoms with Gasteiger partial charge >= 0.3 is 0 Å². The Morgan fingerprint density at radius 2 is 1.81 bits per heavy atom. The van der Waals surface area contributed by atoms with Gasteiger partial charge in [0.1, 0.15) is 40.9 Å². The van der Waals surface area contributed by atoms with Crippen molar-refractivity contribution in [2.45, 2.75) is 43.7 Å². The van der Waals surface area contributed by atoms with E-state index in [2.05, 4.69) is 25.6 Å². The molecule has 0 spiro atoms. The van der Waals surface area contributed by atoms with E-state index >= 15 is 8.78 Å². The molecule has 2 amide bonds. The number of fused-ring (bicyclic) bond motifs is 4. The van der Waals surface area contributed by atoms with Crippen LogP contribution in [0.2, 0.25) is 0 Å². The third-order valence-corrected chi connectivity index (χ3v) is 8.48. The Balaban J connectivity index is 1.31. The molecule has 1 fully saturated rings. The molecule has 3 heterocycles. The van der Waals surface area contributed by atoms with Crippen LogP contribution in [0.3, 0.4) is 0 Å². The van der Waals surface area contributed by atoms with E-state index in [0.717, 1.165) is 24.3 Å². The second kappa shape index (κ2) is 10.9. The number of carbonyl (C=O) groups excluding carboxylic acids is 2. The second-order valence-electron chi connectivity index (χ2n) is 11.6. The van der Waals surface area contributed by atoms with Gasteiger partial charge in [0, 0.05) is 23.1 Å². The fourth-order valence-corrected chi connectivity index (χ4v) is 6.41. The van der Waals surface area contributed by atoms with Crippen LogP contribution >= 0.6 is 0 Å². The highest BCUT2D eigenvalue weighted by molar-refractivity contribution is 5.95. The van der Waals surface area contributed by atoms with Crippen molar-refractivity contribution in [1.82, 2.24) is 30.3 Å². The van der Waals surface area contributed by atoms with Crippen molar-refractivity contribution in [3.05, 3.63) is 99.9 Å². The molecule has 7 rings (SSSR count). The molecule has 9 nitrogen and oxygen atoms in total. The van der Waals surface area contributed by atoms with Crippen LogP contribution in [0.1, 0.15) is 63.4 Å². The molecule has 16 heteroatoms. The molecule has 2 aliphatic rings. The van der Waals surface area contributed by atoms with Crippen molar-refractivity contribution in [3.8, 4) is 11.1 Å². The molecule has 3 aromatic heterocycles. The summed E-state index contributed by atoms with van der Waals surface area (Å²) in [7, 11) is 0. The summed E-state index contributed by atoms with van der Waals surface area (Å²) in [5, 5.41) is 13.0. The molecule has 2 aliphatic carbocycles. The summed E-state index contributed by atoms with van der Waals surface area (Å²) in [5.41, 5.74) is 4.35. The minimum atomic E-state index is -3.47. The Morgan fingerprint density at radius 1 is 1.06 bits per heavy atom. The summed E-state index contributed by atoms with van der Waals surface area (Å²) >= 11 is 0. The highest BCUT2D eigenvalue weighted by atomic mass is 19.3. The summed E-state index contributed by atoms with van der Waals surface area (Å²) in [6.07, 6.45) is -2.05. The van der Waals surface area contributed by atoms with E-state index in [9.17, 15) is 31.5 Å². The molecule has 3 atom stereocenters. The first-order valence-electron chi connectivity index (χ1n) is 14.3. The van der Waals surface area contributed by atoms with Gasteiger partial charge in [0.05, 0.1) is 29.0 Å². The number of pyridine rings is 1. The molecule has 5 aromatic rings. The summed E-state index contributed by atoms with van der Waals surface area (Å²) < 4.78 is 101. The Bertz CT molecular complexity index is 2070. The number of rotatable bonds is 9. The van der Waals surface area contributed by atoms with Gasteiger partial charge in [-0.25, -0.2) is 26.9 Å². The maximum Gasteiger partial charge on any atom is 0.293 e. The van der Waals surface area contributed by atoms with Crippen molar-refractivity contribution in [2.24, 2.45) is 11.7 Å². The molecule has 242 valence electrons. The lowest BCUT2D eigenvalue weighted by molar-refractivity contribution is -0.123. The number of nitrogens with zero attached hydrogens (tertiary/aromatic N) is 4. The Kier molecular flexibility index (Phi) is 7.05. The van der Waals surface area contributed by atoms with E-state index in [-0.39, 0.29) is 46.3 Å². The number of nitrogens with two attached hydrogens (primary N) is 1. The van der Waals surface area contributed by atoms with Crippen LogP contribution in [0.15, 0.2) is 48.7 Å². The fraction of sp³-hybridized carbons (Fsp3) is 0.258. The largest absolute Gasteiger partial charge is 0.366 e. The summed E-state index contributed by atoms with van der Waals surface area (Å²) in [6, 6.07) is 6.45. The van der Waals surface area contributed by atoms with Gasteiger partial charge in [-0.05, 0) is 60.2 Å². The number of halogens is 7. The van der Waals surface area contributed by atoms with Crippen molar-refractivity contribution >= 4 is 22.8 Å². The monoisotopic (exact) mass is 657 g/mol. The van der Waals surface area contributed by atoms with Gasteiger partial charge in [-0.3, -0.25) is 19.4 Å². The van der Waals surface area contributed by atoms with Crippen molar-refractivity contribution in [3.63, 3.8) is 0 Å². The predicted molar refractivity (Wildman–Crippen MR) is 151 cm³/mol. The summed E-state index contributed by atoms with van der Waals surface area (Å²) in [5.74, 6) is -10.1. The van der Waals surface area contributed by atoms with Crippen molar-refractivity contribution < 1.29 is 40.3 Å². The highest BCUT2D eigenvalue weighted by Gasteiger charge is 2.67. The summed E-state index contributed by atoms with van der Waals surface area (Å²) in [6.45, 7) is -0.885. The SMILES string of the molecule is NC(=O)c1cc(-c2cc3[nH]ncc3nc2C(Cc2cc(F)cc(F)c2)NC(=O)Cn2nc(C(F)F)c3c2C(F)(F)C2CC32)ccc1F. The minimum absolute atomic E-state index is 0.0374. The third kappa shape index (κ3) is 5.26. The Hall–Kier alpha value is -5.28. The quantitative estimate of drug-likeness (QED) is 0.178. The topological polar surface area (TPSA) is 132 Å². The number of hydrogen-bond acceptors (Lipinski definition) is 5. The van der Waals surface area contributed by atoms with Gasteiger partial charge in [0.25, 0.3) is 18.3 Å². The molecular formula is C31H22F7N7O2. The molecule has 2 aromatic carbocycles. The summed E-state index contributed by atoms with van der Waals surface area (Å²) in [4.78, 5) is 30.1. The first kappa shape index (κ1) is 30.4. The van der Waals surface area contributed by atoms with Crippen LogP contribution in [0.4, 0.5) is 30.7 Å². The normalized spacial score (nSPS) is 18.3. The fourth-order valence-electron chi connectivity index (χ4n) is 6.41. The number of hydrogen-bond donors (Lipinski definition) is 3. The number of aromatic nitrogens is 5. The number of aromatic amines is 1. The van der Waals surface area contributed by atoms with Gasteiger partial charge in [0.2, 0.25) is 5.91 Å². The molecule has 1 saturated carbocycles. The van der Waals surface area contributed by atoms with Crippen LogP contribution in [0.5, 0.6) is 0 Å². The van der Waals surface area contributed by atoms with Crippen LogP contribution in [-0.4, -0.2) is 36.8 Å². The van der Waals surface area contributed by atoms with Gasteiger partial charge in [-0.2, -0.15) is 19.0 Å². The van der Waals surface area contributed by atoms with Crippen LogP contribution < -0.4 is 11.1 Å². The lowest BCUT2D eigenvalue weighted by atomic mass is 9.94. The van der Waals surface area contributed by atoms with Crippen LogP contribution in [0, 0.1) is 23.4 Å². The first-order chi connectivity index (χ1) is 22.3. The maximum atomic E-state index is 15.1. The maximum absolute atomic E-state index is 15.1.